The van der Waals surface area contributed by atoms with E-state index in [2.05, 4.69) is 19.2 Å². The number of rotatable bonds is 6. The molecule has 1 atom stereocenters. The molecule has 18 heavy (non-hydrogen) atoms. The molecule has 5 heteroatoms. The third-order valence-corrected chi connectivity index (χ3v) is 3.29. The molecule has 1 unspecified atom stereocenters. The summed E-state index contributed by atoms with van der Waals surface area (Å²) in [6.45, 7) is 5.98. The van der Waals surface area contributed by atoms with Gasteiger partial charge in [-0.1, -0.05) is 13.8 Å². The average Bonchev–Trinajstić information content (AvgIpc) is 2.34. The van der Waals surface area contributed by atoms with Gasteiger partial charge in [0.1, 0.15) is 0 Å². The monoisotopic (exact) mass is 255 g/mol. The van der Waals surface area contributed by atoms with Gasteiger partial charge in [-0.05, 0) is 31.7 Å². The van der Waals surface area contributed by atoms with Crippen molar-refractivity contribution in [2.75, 3.05) is 19.6 Å². The molecule has 1 aliphatic heterocycles. The zero-order chi connectivity index (χ0) is 13.5. The van der Waals surface area contributed by atoms with Crippen LogP contribution in [0.5, 0.6) is 0 Å². The number of carbonyl (C=O) groups excluding carboxylic acids is 2. The number of carbonyl (C=O) groups is 2. The molecule has 0 aromatic heterocycles. The molecule has 1 aliphatic rings. The van der Waals surface area contributed by atoms with E-state index in [0.717, 1.165) is 32.4 Å². The highest BCUT2D eigenvalue weighted by Crippen LogP contribution is 2.14. The SMILES string of the molecule is CC(C)CCC(=O)N(CC(N)=O)C1CCCNC1. The molecule has 1 heterocycles. The molecule has 0 radical (unpaired) electrons. The molecule has 0 aliphatic carbocycles. The molecule has 3 N–H and O–H groups in total. The molecule has 104 valence electrons. The van der Waals surface area contributed by atoms with Crippen LogP contribution >= 0.6 is 0 Å². The van der Waals surface area contributed by atoms with Gasteiger partial charge in [-0.15, -0.1) is 0 Å². The van der Waals surface area contributed by atoms with Crippen molar-refractivity contribution in [2.24, 2.45) is 11.7 Å². The summed E-state index contributed by atoms with van der Waals surface area (Å²) in [7, 11) is 0. The Labute approximate surface area is 109 Å². The van der Waals surface area contributed by atoms with E-state index >= 15 is 0 Å². The number of nitrogens with zero attached hydrogens (tertiary/aromatic N) is 1. The molecule has 1 saturated heterocycles. The largest absolute Gasteiger partial charge is 0.368 e. The maximum Gasteiger partial charge on any atom is 0.237 e. The first kappa shape index (κ1) is 15.0. The Kier molecular flexibility index (Phi) is 6.12. The lowest BCUT2D eigenvalue weighted by molar-refractivity contribution is -0.138. The van der Waals surface area contributed by atoms with Crippen LogP contribution in [0.4, 0.5) is 0 Å². The van der Waals surface area contributed by atoms with E-state index < -0.39 is 5.91 Å². The summed E-state index contributed by atoms with van der Waals surface area (Å²) in [5.74, 6) is 0.114. The maximum absolute atomic E-state index is 12.2. The average molecular weight is 255 g/mol. The lowest BCUT2D eigenvalue weighted by atomic mass is 10.0. The van der Waals surface area contributed by atoms with Gasteiger partial charge in [0, 0.05) is 19.0 Å². The highest BCUT2D eigenvalue weighted by Gasteiger charge is 2.26. The Hall–Kier alpha value is -1.10. The third kappa shape index (κ3) is 5.04. The molecule has 0 saturated carbocycles. The van der Waals surface area contributed by atoms with E-state index in [1.807, 2.05) is 0 Å². The van der Waals surface area contributed by atoms with Crippen molar-refractivity contribution in [2.45, 2.75) is 45.6 Å². The van der Waals surface area contributed by atoms with Crippen LogP contribution in [0.2, 0.25) is 0 Å². The summed E-state index contributed by atoms with van der Waals surface area (Å²) in [6.07, 6.45) is 3.35. The zero-order valence-corrected chi connectivity index (χ0v) is 11.4. The van der Waals surface area contributed by atoms with Gasteiger partial charge in [-0.25, -0.2) is 0 Å². The Morgan fingerprint density at radius 2 is 2.17 bits per heavy atom. The summed E-state index contributed by atoms with van der Waals surface area (Å²) in [5.41, 5.74) is 5.24. The fourth-order valence-corrected chi connectivity index (χ4v) is 2.24. The standard InChI is InChI=1S/C13H25N3O2/c1-10(2)5-6-13(18)16(9-12(14)17)11-4-3-7-15-8-11/h10-11,15H,3-9H2,1-2H3,(H2,14,17). The molecule has 0 aromatic rings. The van der Waals surface area contributed by atoms with Gasteiger partial charge in [0.2, 0.25) is 11.8 Å². The summed E-state index contributed by atoms with van der Waals surface area (Å²) < 4.78 is 0. The minimum absolute atomic E-state index is 0.0449. The van der Waals surface area contributed by atoms with Gasteiger partial charge in [0.05, 0.1) is 6.54 Å². The van der Waals surface area contributed by atoms with Crippen LogP contribution in [0.3, 0.4) is 0 Å². The number of hydrogen-bond acceptors (Lipinski definition) is 3. The highest BCUT2D eigenvalue weighted by molar-refractivity contribution is 5.84. The van der Waals surface area contributed by atoms with Gasteiger partial charge in [0.25, 0.3) is 0 Å². The second-order valence-corrected chi connectivity index (χ2v) is 5.42. The molecule has 0 spiro atoms. The first-order chi connectivity index (χ1) is 8.50. The van der Waals surface area contributed by atoms with Crippen LogP contribution in [0.15, 0.2) is 0 Å². The number of nitrogens with one attached hydrogen (secondary N) is 1. The predicted octanol–water partition coefficient (Wildman–Crippen LogP) is 0.489. The van der Waals surface area contributed by atoms with E-state index in [1.54, 1.807) is 4.90 Å². The lowest BCUT2D eigenvalue weighted by Crippen LogP contribution is -2.51. The van der Waals surface area contributed by atoms with E-state index in [1.165, 1.54) is 0 Å². The van der Waals surface area contributed by atoms with Gasteiger partial charge in [-0.2, -0.15) is 0 Å². The lowest BCUT2D eigenvalue weighted by Gasteiger charge is -2.34. The van der Waals surface area contributed by atoms with Gasteiger partial charge in [-0.3, -0.25) is 9.59 Å². The molecule has 1 fully saturated rings. The van der Waals surface area contributed by atoms with Crippen molar-refractivity contribution >= 4 is 11.8 Å². The first-order valence-corrected chi connectivity index (χ1v) is 6.79. The van der Waals surface area contributed by atoms with Gasteiger partial charge >= 0.3 is 0 Å². The second kappa shape index (κ2) is 7.36. The van der Waals surface area contributed by atoms with Gasteiger partial charge < -0.3 is 16.0 Å². The quantitative estimate of drug-likeness (QED) is 0.725. The van der Waals surface area contributed by atoms with Crippen LogP contribution < -0.4 is 11.1 Å². The van der Waals surface area contributed by atoms with Crippen molar-refractivity contribution in [3.05, 3.63) is 0 Å². The van der Waals surface area contributed by atoms with Crippen LogP contribution in [-0.2, 0) is 9.59 Å². The van der Waals surface area contributed by atoms with Crippen molar-refractivity contribution in [1.29, 1.82) is 0 Å². The molecule has 2 amide bonds. The van der Waals surface area contributed by atoms with Crippen LogP contribution in [-0.4, -0.2) is 42.4 Å². The minimum Gasteiger partial charge on any atom is -0.368 e. The minimum atomic E-state index is -0.432. The van der Waals surface area contributed by atoms with E-state index in [9.17, 15) is 9.59 Å². The topological polar surface area (TPSA) is 75.4 Å². The number of amides is 2. The van der Waals surface area contributed by atoms with E-state index in [0.29, 0.717) is 12.3 Å². The second-order valence-electron chi connectivity index (χ2n) is 5.42. The predicted molar refractivity (Wildman–Crippen MR) is 70.9 cm³/mol. The maximum atomic E-state index is 12.2. The smallest absolute Gasteiger partial charge is 0.237 e. The normalized spacial score (nSPS) is 19.8. The summed E-state index contributed by atoms with van der Waals surface area (Å²) in [6, 6.07) is 0.117. The third-order valence-electron chi connectivity index (χ3n) is 3.29. The van der Waals surface area contributed by atoms with Crippen LogP contribution in [0, 0.1) is 5.92 Å². The fraction of sp³-hybridized carbons (Fsp3) is 0.846. The molecular weight excluding hydrogens is 230 g/mol. The molecule has 0 aromatic carbocycles. The Bertz CT molecular complexity index is 286. The molecular formula is C13H25N3O2. The molecule has 1 rings (SSSR count). The van der Waals surface area contributed by atoms with Crippen LogP contribution in [0.25, 0.3) is 0 Å². The van der Waals surface area contributed by atoms with Crippen LogP contribution in [0.1, 0.15) is 39.5 Å². The Balaban J connectivity index is 2.58. The van der Waals surface area contributed by atoms with Crippen molar-refractivity contribution in [1.82, 2.24) is 10.2 Å². The zero-order valence-electron chi connectivity index (χ0n) is 11.4. The molecule has 5 nitrogen and oxygen atoms in total. The number of piperidine rings is 1. The number of primary amides is 1. The highest BCUT2D eigenvalue weighted by atomic mass is 16.2. The summed E-state index contributed by atoms with van der Waals surface area (Å²) >= 11 is 0. The fourth-order valence-electron chi connectivity index (χ4n) is 2.24. The summed E-state index contributed by atoms with van der Waals surface area (Å²) in [5, 5.41) is 3.26. The molecule has 0 bridgehead atoms. The first-order valence-electron chi connectivity index (χ1n) is 6.79. The van der Waals surface area contributed by atoms with Gasteiger partial charge in [0.15, 0.2) is 0 Å². The van der Waals surface area contributed by atoms with Crippen molar-refractivity contribution < 1.29 is 9.59 Å². The Morgan fingerprint density at radius 3 is 2.67 bits per heavy atom. The van der Waals surface area contributed by atoms with E-state index in [4.69, 9.17) is 5.73 Å². The number of hydrogen-bond donors (Lipinski definition) is 2. The van der Waals surface area contributed by atoms with E-state index in [-0.39, 0.29) is 18.5 Å². The summed E-state index contributed by atoms with van der Waals surface area (Å²) in [4.78, 5) is 24.9. The van der Waals surface area contributed by atoms with Crippen molar-refractivity contribution in [3.8, 4) is 0 Å². The Morgan fingerprint density at radius 1 is 1.44 bits per heavy atom. The van der Waals surface area contributed by atoms with Crippen molar-refractivity contribution in [3.63, 3.8) is 0 Å². The number of nitrogens with two attached hydrogens (primary N) is 1.